The maximum atomic E-state index is 4.67. The Morgan fingerprint density at radius 1 is 0.950 bits per heavy atom. The number of nitrogens with one attached hydrogen (secondary N) is 1. The van der Waals surface area contributed by atoms with Gasteiger partial charge in [0.05, 0.1) is 11.2 Å². The Bertz CT molecular complexity index is 811. The lowest BCUT2D eigenvalue weighted by Gasteiger charge is -2.06. The molecule has 0 fully saturated rings. The second-order valence-electron chi connectivity index (χ2n) is 5.05. The minimum Gasteiger partial charge on any atom is -0.307 e. The van der Waals surface area contributed by atoms with Gasteiger partial charge in [0.15, 0.2) is 5.82 Å². The Labute approximate surface area is 116 Å². The van der Waals surface area contributed by atoms with Crippen molar-refractivity contribution < 1.29 is 0 Å². The molecule has 0 unspecified atom stereocenters. The third-order valence-electron chi connectivity index (χ3n) is 3.72. The van der Waals surface area contributed by atoms with E-state index < -0.39 is 0 Å². The summed E-state index contributed by atoms with van der Waals surface area (Å²) in [5.74, 6) is 0.718. The van der Waals surface area contributed by atoms with Gasteiger partial charge < -0.3 is 5.32 Å². The third-order valence-corrected chi connectivity index (χ3v) is 3.72. The molecule has 0 saturated heterocycles. The van der Waals surface area contributed by atoms with Crippen LogP contribution in [0.15, 0.2) is 36.4 Å². The molecule has 1 aromatic carbocycles. The highest BCUT2D eigenvalue weighted by Crippen LogP contribution is 2.22. The fourth-order valence-electron chi connectivity index (χ4n) is 2.64. The fraction of sp³-hybridized carbons (Fsp3) is 0.188. The summed E-state index contributed by atoms with van der Waals surface area (Å²) in [6, 6.07) is 12.2. The van der Waals surface area contributed by atoms with Crippen molar-refractivity contribution in [1.82, 2.24) is 20.3 Å². The number of nitrogens with zero attached hydrogens (tertiary/aromatic N) is 3. The number of rotatable bonds is 1. The first-order chi connectivity index (χ1) is 9.81. The molecule has 0 bridgehead atoms. The molecule has 1 N–H and O–H groups in total. The van der Waals surface area contributed by atoms with Gasteiger partial charge in [-0.15, -0.1) is 0 Å². The monoisotopic (exact) mass is 262 g/mol. The minimum absolute atomic E-state index is 0.718. The van der Waals surface area contributed by atoms with Crippen molar-refractivity contribution in [2.75, 3.05) is 0 Å². The first-order valence-electron chi connectivity index (χ1n) is 6.74. The maximum Gasteiger partial charge on any atom is 0.178 e. The topological polar surface area (TPSA) is 50.7 Å². The number of para-hydroxylation sites is 1. The summed E-state index contributed by atoms with van der Waals surface area (Å²) in [5, 5.41) is 4.45. The molecule has 0 amide bonds. The van der Waals surface area contributed by atoms with Gasteiger partial charge in [0.25, 0.3) is 0 Å². The first kappa shape index (κ1) is 11.5. The molecule has 1 aliphatic rings. The average Bonchev–Trinajstić information content (AvgIpc) is 2.96. The third kappa shape index (κ3) is 1.77. The summed E-state index contributed by atoms with van der Waals surface area (Å²) >= 11 is 0. The van der Waals surface area contributed by atoms with E-state index in [-0.39, 0.29) is 0 Å². The highest BCUT2D eigenvalue weighted by atomic mass is 15.0. The Balaban J connectivity index is 1.88. The molecule has 1 aliphatic heterocycles. The van der Waals surface area contributed by atoms with Crippen LogP contribution in [-0.4, -0.2) is 15.0 Å². The van der Waals surface area contributed by atoms with E-state index in [4.69, 9.17) is 0 Å². The second-order valence-corrected chi connectivity index (χ2v) is 5.05. The molecule has 0 aliphatic carbocycles. The number of hydrogen-bond acceptors (Lipinski definition) is 4. The van der Waals surface area contributed by atoms with Gasteiger partial charge in [-0.2, -0.15) is 0 Å². The van der Waals surface area contributed by atoms with Crippen molar-refractivity contribution in [1.29, 1.82) is 0 Å². The largest absolute Gasteiger partial charge is 0.307 e. The molecule has 4 nitrogen and oxygen atoms in total. The standard InChI is InChI=1S/C16H14N4/c1-10-12-8-17-9-15(12)20-16(18-10)14-7-6-11-4-2-3-5-13(11)19-14/h2-7,17H,8-9H2,1H3. The summed E-state index contributed by atoms with van der Waals surface area (Å²) in [4.78, 5) is 13.9. The van der Waals surface area contributed by atoms with Crippen LogP contribution in [0.5, 0.6) is 0 Å². The normalized spacial score (nSPS) is 13.7. The second kappa shape index (κ2) is 4.35. The number of aromatic nitrogens is 3. The highest BCUT2D eigenvalue weighted by molar-refractivity contribution is 5.80. The molecule has 20 heavy (non-hydrogen) atoms. The van der Waals surface area contributed by atoms with Crippen LogP contribution in [0.3, 0.4) is 0 Å². The molecule has 0 radical (unpaired) electrons. The van der Waals surface area contributed by atoms with Crippen LogP contribution in [0.2, 0.25) is 0 Å². The predicted molar refractivity (Wildman–Crippen MR) is 78.0 cm³/mol. The Hall–Kier alpha value is -2.33. The molecule has 0 saturated carbocycles. The summed E-state index contributed by atoms with van der Waals surface area (Å²) in [5.41, 5.74) is 5.19. The maximum absolute atomic E-state index is 4.67. The van der Waals surface area contributed by atoms with Crippen LogP contribution in [0.4, 0.5) is 0 Å². The van der Waals surface area contributed by atoms with Crippen LogP contribution in [0.1, 0.15) is 17.0 Å². The molecule has 4 heteroatoms. The van der Waals surface area contributed by atoms with E-state index in [2.05, 4.69) is 32.4 Å². The molecule has 3 aromatic rings. The SMILES string of the molecule is Cc1nc(-c2ccc3ccccc3n2)nc2c1CNC2. The van der Waals surface area contributed by atoms with Crippen LogP contribution >= 0.6 is 0 Å². The zero-order valence-electron chi connectivity index (χ0n) is 11.2. The zero-order chi connectivity index (χ0) is 13.5. The molecular weight excluding hydrogens is 248 g/mol. The van der Waals surface area contributed by atoms with Gasteiger partial charge in [0.1, 0.15) is 5.69 Å². The quantitative estimate of drug-likeness (QED) is 0.732. The van der Waals surface area contributed by atoms with Crippen LogP contribution in [0.25, 0.3) is 22.4 Å². The Morgan fingerprint density at radius 3 is 2.80 bits per heavy atom. The number of hydrogen-bond donors (Lipinski definition) is 1. The van der Waals surface area contributed by atoms with E-state index in [1.807, 2.05) is 31.2 Å². The number of benzene rings is 1. The van der Waals surface area contributed by atoms with Gasteiger partial charge in [-0.05, 0) is 19.1 Å². The lowest BCUT2D eigenvalue weighted by molar-refractivity contribution is 0.757. The van der Waals surface area contributed by atoms with Crippen LogP contribution in [0, 0.1) is 6.92 Å². The van der Waals surface area contributed by atoms with E-state index in [1.165, 1.54) is 5.56 Å². The molecule has 0 spiro atoms. The Kier molecular flexibility index (Phi) is 2.50. The summed E-state index contributed by atoms with van der Waals surface area (Å²) < 4.78 is 0. The van der Waals surface area contributed by atoms with Gasteiger partial charge >= 0.3 is 0 Å². The highest BCUT2D eigenvalue weighted by Gasteiger charge is 2.17. The van der Waals surface area contributed by atoms with Crippen molar-refractivity contribution in [2.24, 2.45) is 0 Å². The van der Waals surface area contributed by atoms with Crippen molar-refractivity contribution in [3.63, 3.8) is 0 Å². The minimum atomic E-state index is 0.718. The van der Waals surface area contributed by atoms with E-state index >= 15 is 0 Å². The van der Waals surface area contributed by atoms with Crippen LogP contribution in [-0.2, 0) is 13.1 Å². The van der Waals surface area contributed by atoms with E-state index in [9.17, 15) is 0 Å². The van der Waals surface area contributed by atoms with Gasteiger partial charge in [0, 0.05) is 29.7 Å². The molecule has 3 heterocycles. The van der Waals surface area contributed by atoms with Crippen molar-refractivity contribution >= 4 is 10.9 Å². The van der Waals surface area contributed by atoms with Gasteiger partial charge in [-0.25, -0.2) is 15.0 Å². The van der Waals surface area contributed by atoms with Crippen LogP contribution < -0.4 is 5.32 Å². The summed E-state index contributed by atoms with van der Waals surface area (Å²) in [6.45, 7) is 3.73. The number of fused-ring (bicyclic) bond motifs is 2. The number of aryl methyl sites for hydroxylation is 1. The summed E-state index contributed by atoms with van der Waals surface area (Å²) in [6.07, 6.45) is 0. The predicted octanol–water partition coefficient (Wildman–Crippen LogP) is 2.60. The molecule has 4 rings (SSSR count). The fourth-order valence-corrected chi connectivity index (χ4v) is 2.64. The van der Waals surface area contributed by atoms with E-state index in [1.54, 1.807) is 0 Å². The van der Waals surface area contributed by atoms with Gasteiger partial charge in [-0.3, -0.25) is 0 Å². The van der Waals surface area contributed by atoms with Crippen molar-refractivity contribution in [3.8, 4) is 11.5 Å². The van der Waals surface area contributed by atoms with Crippen molar-refractivity contribution in [2.45, 2.75) is 20.0 Å². The molecule has 2 aromatic heterocycles. The van der Waals surface area contributed by atoms with Gasteiger partial charge in [0.2, 0.25) is 0 Å². The molecular formula is C16H14N4. The first-order valence-corrected chi connectivity index (χ1v) is 6.74. The molecule has 0 atom stereocenters. The van der Waals surface area contributed by atoms with Gasteiger partial charge in [-0.1, -0.05) is 24.3 Å². The molecule has 98 valence electrons. The zero-order valence-corrected chi connectivity index (χ0v) is 11.2. The van der Waals surface area contributed by atoms with E-state index in [0.717, 1.165) is 46.9 Å². The summed E-state index contributed by atoms with van der Waals surface area (Å²) in [7, 11) is 0. The average molecular weight is 262 g/mol. The number of pyridine rings is 1. The lowest BCUT2D eigenvalue weighted by atomic mass is 10.1. The Morgan fingerprint density at radius 2 is 1.85 bits per heavy atom. The smallest absolute Gasteiger partial charge is 0.178 e. The van der Waals surface area contributed by atoms with Crippen molar-refractivity contribution in [3.05, 3.63) is 53.3 Å². The lowest BCUT2D eigenvalue weighted by Crippen LogP contribution is -2.01. The van der Waals surface area contributed by atoms with E-state index in [0.29, 0.717) is 0 Å².